The van der Waals surface area contributed by atoms with E-state index in [1.807, 2.05) is 13.0 Å². The van der Waals surface area contributed by atoms with E-state index in [-0.39, 0.29) is 18.4 Å². The summed E-state index contributed by atoms with van der Waals surface area (Å²) in [6, 6.07) is 10.3. The molecule has 0 heterocycles. The number of benzene rings is 2. The van der Waals surface area contributed by atoms with Crippen molar-refractivity contribution in [2.45, 2.75) is 20.4 Å². The SMILES string of the molecule is COc1c(C)cc(Cl)cc1CNC(=O)c1cccc(NC(C)=O)c1. The summed E-state index contributed by atoms with van der Waals surface area (Å²) in [5, 5.41) is 6.07. The van der Waals surface area contributed by atoms with Gasteiger partial charge in [0.1, 0.15) is 5.75 Å². The summed E-state index contributed by atoms with van der Waals surface area (Å²) < 4.78 is 5.37. The van der Waals surface area contributed by atoms with Crippen LogP contribution in [0.1, 0.15) is 28.4 Å². The van der Waals surface area contributed by atoms with Gasteiger partial charge in [-0.1, -0.05) is 17.7 Å². The molecule has 2 aromatic carbocycles. The maximum atomic E-state index is 12.3. The van der Waals surface area contributed by atoms with Crippen LogP contribution in [0.3, 0.4) is 0 Å². The Kier molecular flexibility index (Phi) is 5.82. The van der Waals surface area contributed by atoms with Crippen molar-refractivity contribution in [3.05, 3.63) is 58.1 Å². The van der Waals surface area contributed by atoms with E-state index in [0.717, 1.165) is 11.1 Å². The smallest absolute Gasteiger partial charge is 0.251 e. The number of anilines is 1. The molecule has 0 aromatic heterocycles. The first kappa shape index (κ1) is 17.8. The molecular formula is C18H19ClN2O3. The van der Waals surface area contributed by atoms with Crippen molar-refractivity contribution in [3.8, 4) is 5.75 Å². The molecule has 0 aliphatic heterocycles. The van der Waals surface area contributed by atoms with Crippen LogP contribution in [0, 0.1) is 6.92 Å². The number of carbonyl (C=O) groups is 2. The average molecular weight is 347 g/mol. The lowest BCUT2D eigenvalue weighted by Gasteiger charge is -2.13. The zero-order chi connectivity index (χ0) is 17.7. The number of carbonyl (C=O) groups excluding carboxylic acids is 2. The highest BCUT2D eigenvalue weighted by Gasteiger charge is 2.11. The molecular weight excluding hydrogens is 328 g/mol. The lowest BCUT2D eigenvalue weighted by Crippen LogP contribution is -2.23. The molecule has 2 amide bonds. The van der Waals surface area contributed by atoms with Gasteiger partial charge in [-0.2, -0.15) is 0 Å². The Hall–Kier alpha value is -2.53. The van der Waals surface area contributed by atoms with Crippen molar-refractivity contribution < 1.29 is 14.3 Å². The Balaban J connectivity index is 2.13. The van der Waals surface area contributed by atoms with Gasteiger partial charge in [0.2, 0.25) is 5.91 Å². The van der Waals surface area contributed by atoms with Gasteiger partial charge in [-0.05, 0) is 42.8 Å². The first-order valence-electron chi connectivity index (χ1n) is 7.39. The summed E-state index contributed by atoms with van der Waals surface area (Å²) in [5.41, 5.74) is 2.74. The van der Waals surface area contributed by atoms with E-state index in [9.17, 15) is 9.59 Å². The highest BCUT2D eigenvalue weighted by molar-refractivity contribution is 6.30. The highest BCUT2D eigenvalue weighted by Crippen LogP contribution is 2.27. The lowest BCUT2D eigenvalue weighted by molar-refractivity contribution is -0.114. The molecule has 0 bridgehead atoms. The van der Waals surface area contributed by atoms with Crippen LogP contribution in [0.5, 0.6) is 5.75 Å². The van der Waals surface area contributed by atoms with E-state index in [2.05, 4.69) is 10.6 Å². The maximum absolute atomic E-state index is 12.3. The third-order valence-electron chi connectivity index (χ3n) is 3.40. The van der Waals surface area contributed by atoms with Gasteiger partial charge < -0.3 is 15.4 Å². The number of hydrogen-bond acceptors (Lipinski definition) is 3. The second-order valence-electron chi connectivity index (χ2n) is 5.36. The Morgan fingerprint density at radius 1 is 1.21 bits per heavy atom. The molecule has 0 spiro atoms. The summed E-state index contributed by atoms with van der Waals surface area (Å²) in [7, 11) is 1.58. The highest BCUT2D eigenvalue weighted by atomic mass is 35.5. The Morgan fingerprint density at radius 2 is 1.96 bits per heavy atom. The van der Waals surface area contributed by atoms with Gasteiger partial charge in [0.05, 0.1) is 7.11 Å². The van der Waals surface area contributed by atoms with Gasteiger partial charge in [0.25, 0.3) is 5.91 Å². The summed E-state index contributed by atoms with van der Waals surface area (Å²) >= 11 is 6.07. The number of methoxy groups -OCH3 is 1. The van der Waals surface area contributed by atoms with Crippen LogP contribution in [-0.4, -0.2) is 18.9 Å². The fraction of sp³-hybridized carbons (Fsp3) is 0.222. The minimum Gasteiger partial charge on any atom is -0.496 e. The molecule has 0 aliphatic carbocycles. The van der Waals surface area contributed by atoms with Crippen molar-refractivity contribution in [1.82, 2.24) is 5.32 Å². The van der Waals surface area contributed by atoms with Crippen LogP contribution in [0.4, 0.5) is 5.69 Å². The van der Waals surface area contributed by atoms with Crippen molar-refractivity contribution >= 4 is 29.1 Å². The van der Waals surface area contributed by atoms with E-state index in [0.29, 0.717) is 22.0 Å². The molecule has 0 atom stereocenters. The number of ether oxygens (including phenoxy) is 1. The zero-order valence-electron chi connectivity index (χ0n) is 13.8. The zero-order valence-corrected chi connectivity index (χ0v) is 14.5. The van der Waals surface area contributed by atoms with E-state index in [1.54, 1.807) is 37.4 Å². The van der Waals surface area contributed by atoms with Crippen molar-refractivity contribution in [3.63, 3.8) is 0 Å². The van der Waals surface area contributed by atoms with E-state index >= 15 is 0 Å². The van der Waals surface area contributed by atoms with Gasteiger partial charge >= 0.3 is 0 Å². The molecule has 0 fully saturated rings. The number of nitrogens with one attached hydrogen (secondary N) is 2. The Labute approximate surface area is 146 Å². The molecule has 6 heteroatoms. The van der Waals surface area contributed by atoms with Crippen LogP contribution in [0.2, 0.25) is 5.02 Å². The van der Waals surface area contributed by atoms with E-state index in [4.69, 9.17) is 16.3 Å². The number of halogens is 1. The molecule has 0 aliphatic rings. The predicted molar refractivity (Wildman–Crippen MR) is 94.7 cm³/mol. The quantitative estimate of drug-likeness (QED) is 0.870. The second kappa shape index (κ2) is 7.84. The van der Waals surface area contributed by atoms with Crippen LogP contribution in [0.25, 0.3) is 0 Å². The van der Waals surface area contributed by atoms with E-state index in [1.165, 1.54) is 6.92 Å². The Bertz CT molecular complexity index is 775. The summed E-state index contributed by atoms with van der Waals surface area (Å²) in [6.07, 6.45) is 0. The number of amides is 2. The molecule has 2 aromatic rings. The minimum atomic E-state index is -0.248. The fourth-order valence-corrected chi connectivity index (χ4v) is 2.74. The fourth-order valence-electron chi connectivity index (χ4n) is 2.44. The van der Waals surface area contributed by atoms with Gasteiger partial charge in [-0.3, -0.25) is 9.59 Å². The molecule has 0 unspecified atom stereocenters. The van der Waals surface area contributed by atoms with Gasteiger partial charge in [-0.25, -0.2) is 0 Å². The standard InChI is InChI=1S/C18H19ClN2O3/c1-11-7-15(19)8-14(17(11)24-3)10-20-18(23)13-5-4-6-16(9-13)21-12(2)22/h4-9H,10H2,1-3H3,(H,20,23)(H,21,22). The summed E-state index contributed by atoms with van der Waals surface area (Å²) in [4.78, 5) is 23.4. The van der Waals surface area contributed by atoms with Gasteiger partial charge in [-0.15, -0.1) is 0 Å². The van der Waals surface area contributed by atoms with Crippen molar-refractivity contribution in [2.24, 2.45) is 0 Å². The van der Waals surface area contributed by atoms with Crippen LogP contribution >= 0.6 is 11.6 Å². The third-order valence-corrected chi connectivity index (χ3v) is 3.62. The molecule has 0 saturated heterocycles. The molecule has 24 heavy (non-hydrogen) atoms. The molecule has 0 saturated carbocycles. The largest absolute Gasteiger partial charge is 0.496 e. The first-order chi connectivity index (χ1) is 11.4. The van der Waals surface area contributed by atoms with Crippen LogP contribution < -0.4 is 15.4 Å². The first-order valence-corrected chi connectivity index (χ1v) is 7.77. The minimum absolute atomic E-state index is 0.188. The van der Waals surface area contributed by atoms with Crippen LogP contribution in [0.15, 0.2) is 36.4 Å². The molecule has 0 radical (unpaired) electrons. The summed E-state index contributed by atoms with van der Waals surface area (Å²) in [5.74, 6) is 0.264. The normalized spacial score (nSPS) is 10.2. The Morgan fingerprint density at radius 3 is 2.62 bits per heavy atom. The maximum Gasteiger partial charge on any atom is 0.251 e. The monoisotopic (exact) mass is 346 g/mol. The number of hydrogen-bond donors (Lipinski definition) is 2. The van der Waals surface area contributed by atoms with Crippen molar-refractivity contribution in [1.29, 1.82) is 0 Å². The molecule has 2 N–H and O–H groups in total. The predicted octanol–water partition coefficient (Wildman–Crippen LogP) is 3.55. The topological polar surface area (TPSA) is 67.4 Å². The van der Waals surface area contributed by atoms with Crippen LogP contribution in [-0.2, 0) is 11.3 Å². The number of rotatable bonds is 5. The van der Waals surface area contributed by atoms with Gasteiger partial charge in [0, 0.05) is 35.3 Å². The molecule has 2 rings (SSSR count). The average Bonchev–Trinajstić information content (AvgIpc) is 2.51. The number of aryl methyl sites for hydroxylation is 1. The second-order valence-corrected chi connectivity index (χ2v) is 5.80. The third kappa shape index (κ3) is 4.49. The van der Waals surface area contributed by atoms with E-state index < -0.39 is 0 Å². The molecule has 126 valence electrons. The van der Waals surface area contributed by atoms with Crippen molar-refractivity contribution in [2.75, 3.05) is 12.4 Å². The van der Waals surface area contributed by atoms with Gasteiger partial charge in [0.15, 0.2) is 0 Å². The molecule has 5 nitrogen and oxygen atoms in total. The summed E-state index contributed by atoms with van der Waals surface area (Å²) in [6.45, 7) is 3.60. The lowest BCUT2D eigenvalue weighted by atomic mass is 10.1.